The van der Waals surface area contributed by atoms with Crippen LogP contribution in [0.15, 0.2) is 36.4 Å². The van der Waals surface area contributed by atoms with Gasteiger partial charge in [-0.15, -0.1) is 0 Å². The van der Waals surface area contributed by atoms with Crippen LogP contribution in [0, 0.1) is 5.82 Å². The van der Waals surface area contributed by atoms with Gasteiger partial charge in [0.25, 0.3) is 5.91 Å². The maximum absolute atomic E-state index is 13.3. The summed E-state index contributed by atoms with van der Waals surface area (Å²) in [6, 6.07) is 7.98. The van der Waals surface area contributed by atoms with Gasteiger partial charge in [-0.1, -0.05) is 0 Å². The molecule has 0 saturated carbocycles. The second kappa shape index (κ2) is 10.1. The lowest BCUT2D eigenvalue weighted by Gasteiger charge is -2.10. The van der Waals surface area contributed by atoms with E-state index in [9.17, 15) is 18.8 Å². The highest BCUT2D eigenvalue weighted by atomic mass is 19.1. The first-order valence-corrected chi connectivity index (χ1v) is 8.41. The molecule has 2 aromatic carbocycles. The Hall–Kier alpha value is -3.62. The third-order valence-electron chi connectivity index (χ3n) is 3.83. The topological polar surface area (TPSA) is 100 Å². The van der Waals surface area contributed by atoms with E-state index in [-0.39, 0.29) is 16.9 Å². The molecule has 0 radical (unpaired) electrons. The first-order valence-electron chi connectivity index (χ1n) is 8.41. The quantitative estimate of drug-likeness (QED) is 0.503. The van der Waals surface area contributed by atoms with Crippen molar-refractivity contribution in [1.29, 1.82) is 0 Å². The van der Waals surface area contributed by atoms with Crippen LogP contribution in [0.5, 0.6) is 17.2 Å². The molecule has 0 heterocycles. The zero-order valence-electron chi connectivity index (χ0n) is 16.1. The van der Waals surface area contributed by atoms with Gasteiger partial charge in [0.2, 0.25) is 5.78 Å². The van der Waals surface area contributed by atoms with E-state index in [0.29, 0.717) is 11.5 Å². The molecule has 0 saturated heterocycles. The molecule has 2 rings (SSSR count). The van der Waals surface area contributed by atoms with Crippen molar-refractivity contribution in [3.05, 3.63) is 53.3 Å². The Labute approximate surface area is 166 Å². The molecule has 0 fully saturated rings. The largest absolute Gasteiger partial charge is 0.497 e. The van der Waals surface area contributed by atoms with E-state index >= 15 is 0 Å². The van der Waals surface area contributed by atoms with Crippen LogP contribution >= 0.6 is 0 Å². The molecular weight excluding hydrogens is 385 g/mol. The zero-order chi connectivity index (χ0) is 21.4. The third-order valence-corrected chi connectivity index (χ3v) is 3.83. The Balaban J connectivity index is 1.91. The van der Waals surface area contributed by atoms with Crippen molar-refractivity contribution >= 4 is 17.7 Å². The number of halogens is 1. The molecule has 9 heteroatoms. The summed E-state index contributed by atoms with van der Waals surface area (Å²) in [6.45, 7) is -1.09. The Morgan fingerprint density at radius 2 is 1.59 bits per heavy atom. The summed E-state index contributed by atoms with van der Waals surface area (Å²) in [5, 5.41) is 2.38. The number of benzene rings is 2. The molecule has 8 nitrogen and oxygen atoms in total. The second-order valence-corrected chi connectivity index (χ2v) is 5.71. The molecule has 0 aromatic heterocycles. The molecule has 2 aromatic rings. The van der Waals surface area contributed by atoms with Gasteiger partial charge in [0.05, 0.1) is 26.9 Å². The van der Waals surface area contributed by atoms with E-state index in [1.165, 1.54) is 39.5 Å². The summed E-state index contributed by atoms with van der Waals surface area (Å²) in [5.74, 6) is -1.68. The van der Waals surface area contributed by atoms with E-state index in [0.717, 1.165) is 12.1 Å². The van der Waals surface area contributed by atoms with Crippen molar-refractivity contribution in [2.45, 2.75) is 0 Å². The highest BCUT2D eigenvalue weighted by molar-refractivity contribution is 6.01. The smallest absolute Gasteiger partial charge is 0.325 e. The fourth-order valence-electron chi connectivity index (χ4n) is 2.37. The minimum absolute atomic E-state index is 0.0483. The zero-order valence-corrected chi connectivity index (χ0v) is 16.1. The summed E-state index contributed by atoms with van der Waals surface area (Å²) < 4.78 is 33.3. The molecule has 0 atom stereocenters. The van der Waals surface area contributed by atoms with Gasteiger partial charge in [-0.2, -0.15) is 0 Å². The fourth-order valence-corrected chi connectivity index (χ4v) is 2.37. The van der Waals surface area contributed by atoms with E-state index in [1.54, 1.807) is 6.07 Å². The van der Waals surface area contributed by atoms with Crippen LogP contribution in [0.2, 0.25) is 0 Å². The highest BCUT2D eigenvalue weighted by Crippen LogP contribution is 2.22. The summed E-state index contributed by atoms with van der Waals surface area (Å²) >= 11 is 0. The SMILES string of the molecule is COc1cc(OC)cc(C(=O)NCC(=O)OCC(=O)c2cc(F)ccc2OC)c1. The fraction of sp³-hybridized carbons (Fsp3) is 0.250. The van der Waals surface area contributed by atoms with Crippen LogP contribution in [0.3, 0.4) is 0 Å². The molecule has 1 amide bonds. The first kappa shape index (κ1) is 21.7. The Bertz CT molecular complexity index is 891. The standard InChI is InChI=1S/C20H20FNO7/c1-26-14-6-12(7-15(9-14)27-2)20(25)22-10-19(24)29-11-17(23)16-8-13(21)4-5-18(16)28-3/h4-9H,10-11H2,1-3H3,(H,22,25). The molecule has 0 aliphatic carbocycles. The normalized spacial score (nSPS) is 10.1. The van der Waals surface area contributed by atoms with Gasteiger partial charge in [0, 0.05) is 11.6 Å². The number of Topliss-reactive ketones (excluding diaryl/α,β-unsaturated/α-hetero) is 1. The summed E-state index contributed by atoms with van der Waals surface area (Å²) in [4.78, 5) is 36.2. The number of ketones is 1. The van der Waals surface area contributed by atoms with Crippen LogP contribution in [0.25, 0.3) is 0 Å². The van der Waals surface area contributed by atoms with Crippen LogP contribution in [0.4, 0.5) is 4.39 Å². The molecule has 29 heavy (non-hydrogen) atoms. The maximum atomic E-state index is 13.3. The number of hydrogen-bond acceptors (Lipinski definition) is 7. The van der Waals surface area contributed by atoms with Crippen molar-refractivity contribution in [2.75, 3.05) is 34.5 Å². The number of carbonyl (C=O) groups is 3. The third kappa shape index (κ3) is 5.93. The van der Waals surface area contributed by atoms with Crippen molar-refractivity contribution in [1.82, 2.24) is 5.32 Å². The predicted molar refractivity (Wildman–Crippen MR) is 100 cm³/mol. The Morgan fingerprint density at radius 3 is 2.17 bits per heavy atom. The average Bonchev–Trinajstić information content (AvgIpc) is 2.75. The second-order valence-electron chi connectivity index (χ2n) is 5.71. The number of carbonyl (C=O) groups excluding carboxylic acids is 3. The molecule has 0 bridgehead atoms. The molecule has 0 aliphatic rings. The first-order chi connectivity index (χ1) is 13.9. The van der Waals surface area contributed by atoms with Crippen LogP contribution in [-0.2, 0) is 9.53 Å². The predicted octanol–water partition coefficient (Wildman–Crippen LogP) is 2.01. The summed E-state index contributed by atoms with van der Waals surface area (Å²) in [6.07, 6.45) is 0. The van der Waals surface area contributed by atoms with Crippen LogP contribution in [-0.4, -0.2) is 52.1 Å². The maximum Gasteiger partial charge on any atom is 0.325 e. The number of nitrogens with one attached hydrogen (secondary N) is 1. The van der Waals surface area contributed by atoms with Crippen molar-refractivity contribution < 1.29 is 37.7 Å². The lowest BCUT2D eigenvalue weighted by molar-refractivity contribution is -0.141. The minimum atomic E-state index is -0.836. The van der Waals surface area contributed by atoms with Crippen molar-refractivity contribution in [2.24, 2.45) is 0 Å². The highest BCUT2D eigenvalue weighted by Gasteiger charge is 2.17. The summed E-state index contributed by atoms with van der Waals surface area (Å²) in [5.41, 5.74) is 0.169. The average molecular weight is 405 g/mol. The molecule has 0 aliphatic heterocycles. The number of ether oxygens (including phenoxy) is 4. The van der Waals surface area contributed by atoms with Gasteiger partial charge in [-0.05, 0) is 30.3 Å². The lowest BCUT2D eigenvalue weighted by Crippen LogP contribution is -2.31. The molecule has 154 valence electrons. The van der Waals surface area contributed by atoms with Gasteiger partial charge < -0.3 is 24.3 Å². The lowest BCUT2D eigenvalue weighted by atomic mass is 10.1. The Morgan fingerprint density at radius 1 is 0.931 bits per heavy atom. The molecular formula is C20H20FNO7. The number of hydrogen-bond donors (Lipinski definition) is 1. The van der Waals surface area contributed by atoms with Gasteiger partial charge in [0.1, 0.15) is 29.6 Å². The molecule has 0 unspecified atom stereocenters. The van der Waals surface area contributed by atoms with E-state index in [2.05, 4.69) is 5.32 Å². The molecule has 0 spiro atoms. The number of methoxy groups -OCH3 is 3. The monoisotopic (exact) mass is 405 g/mol. The van der Waals surface area contributed by atoms with Crippen molar-refractivity contribution in [3.8, 4) is 17.2 Å². The molecule has 1 N–H and O–H groups in total. The van der Waals surface area contributed by atoms with Crippen LogP contribution in [0.1, 0.15) is 20.7 Å². The summed E-state index contributed by atoms with van der Waals surface area (Å²) in [7, 11) is 4.22. The van der Waals surface area contributed by atoms with Gasteiger partial charge in [0.15, 0.2) is 6.61 Å². The van der Waals surface area contributed by atoms with E-state index < -0.39 is 36.6 Å². The Kier molecular flexibility index (Phi) is 7.53. The van der Waals surface area contributed by atoms with E-state index in [1.807, 2.05) is 0 Å². The number of esters is 1. The minimum Gasteiger partial charge on any atom is -0.497 e. The number of rotatable bonds is 9. The van der Waals surface area contributed by atoms with Gasteiger partial charge in [-0.25, -0.2) is 4.39 Å². The number of amides is 1. The van der Waals surface area contributed by atoms with Crippen molar-refractivity contribution in [3.63, 3.8) is 0 Å². The van der Waals surface area contributed by atoms with Gasteiger partial charge in [-0.3, -0.25) is 14.4 Å². The van der Waals surface area contributed by atoms with Crippen LogP contribution < -0.4 is 19.5 Å². The van der Waals surface area contributed by atoms with Gasteiger partial charge >= 0.3 is 5.97 Å². The van der Waals surface area contributed by atoms with E-state index in [4.69, 9.17) is 18.9 Å².